The van der Waals surface area contributed by atoms with Crippen LogP contribution < -0.4 is 19.7 Å². The zero-order valence-electron chi connectivity index (χ0n) is 14.3. The number of pyridine rings is 1. The van der Waals surface area contributed by atoms with Crippen LogP contribution in [-0.4, -0.2) is 44.5 Å². The van der Waals surface area contributed by atoms with E-state index in [2.05, 4.69) is 22.0 Å². The van der Waals surface area contributed by atoms with Crippen molar-refractivity contribution in [3.05, 3.63) is 53.9 Å². The lowest BCUT2D eigenvalue weighted by molar-refractivity contribution is -0.899. The van der Waals surface area contributed by atoms with E-state index in [0.29, 0.717) is 12.2 Å². The lowest BCUT2D eigenvalue weighted by Crippen LogP contribution is -3.16. The van der Waals surface area contributed by atoms with Crippen LogP contribution in [0.1, 0.15) is 15.9 Å². The number of nitrogens with zero attached hydrogens (tertiary/aromatic N) is 2. The molecular weight excluding hydrogens is 316 g/mol. The first-order valence-corrected chi connectivity index (χ1v) is 8.65. The van der Waals surface area contributed by atoms with Crippen molar-refractivity contribution in [3.8, 4) is 0 Å². The molecule has 0 saturated carbocycles. The third-order valence-electron chi connectivity index (χ3n) is 5.04. The van der Waals surface area contributed by atoms with E-state index in [1.165, 1.54) is 10.6 Å². The average molecular weight is 338 g/mol. The van der Waals surface area contributed by atoms with Crippen molar-refractivity contribution in [1.82, 2.24) is 0 Å². The Morgan fingerprint density at radius 1 is 1.08 bits per heavy atom. The molecule has 2 aliphatic rings. The van der Waals surface area contributed by atoms with Gasteiger partial charge in [-0.05, 0) is 19.1 Å². The molecule has 1 amide bonds. The van der Waals surface area contributed by atoms with Crippen molar-refractivity contribution >= 4 is 23.1 Å². The number of benzene rings is 1. The number of amides is 1. The van der Waals surface area contributed by atoms with Crippen LogP contribution in [0.15, 0.2) is 42.7 Å². The van der Waals surface area contributed by atoms with Crippen LogP contribution in [0.5, 0.6) is 0 Å². The van der Waals surface area contributed by atoms with Crippen LogP contribution >= 0.6 is 0 Å². The summed E-state index contributed by atoms with van der Waals surface area (Å²) in [6, 6.07) is 9.81. The summed E-state index contributed by atoms with van der Waals surface area (Å²) >= 11 is 0. The monoisotopic (exact) mass is 338 g/mol. The van der Waals surface area contributed by atoms with Gasteiger partial charge in [-0.3, -0.25) is 14.5 Å². The van der Waals surface area contributed by atoms with Crippen LogP contribution in [0.4, 0.5) is 11.4 Å². The number of rotatable bonds is 3. The van der Waals surface area contributed by atoms with Gasteiger partial charge in [-0.1, -0.05) is 11.6 Å². The highest BCUT2D eigenvalue weighted by Crippen LogP contribution is 2.28. The van der Waals surface area contributed by atoms with Gasteiger partial charge in [0, 0.05) is 17.8 Å². The molecule has 25 heavy (non-hydrogen) atoms. The summed E-state index contributed by atoms with van der Waals surface area (Å²) in [4.78, 5) is 33.0. The molecule has 6 heteroatoms. The van der Waals surface area contributed by atoms with Crippen molar-refractivity contribution in [2.75, 3.05) is 42.6 Å². The number of hydrogen-bond donors (Lipinski definition) is 1. The minimum atomic E-state index is -0.394. The Balaban J connectivity index is 1.44. The fraction of sp³-hybridized carbons (Fsp3) is 0.316. The molecule has 0 unspecified atom stereocenters. The predicted molar refractivity (Wildman–Crippen MR) is 93.8 cm³/mol. The maximum absolute atomic E-state index is 12.4. The van der Waals surface area contributed by atoms with Gasteiger partial charge in [-0.15, -0.1) is 0 Å². The normalized spacial score (nSPS) is 18.0. The van der Waals surface area contributed by atoms with Gasteiger partial charge in [-0.2, -0.15) is 0 Å². The molecule has 2 N–H and O–H groups in total. The molecule has 128 valence electrons. The van der Waals surface area contributed by atoms with Gasteiger partial charge >= 0.3 is 5.91 Å². The SMILES string of the molecule is Cc1ccc2c(c1)C(=O)C(=O)N2C[NH+]1CCN(c2cc[nH+]cc2)CC1. The smallest absolute Gasteiger partial charge is 0.303 e. The van der Waals surface area contributed by atoms with E-state index in [9.17, 15) is 9.59 Å². The van der Waals surface area contributed by atoms with Crippen LogP contribution in [0.25, 0.3) is 0 Å². The van der Waals surface area contributed by atoms with Gasteiger partial charge in [-0.25, -0.2) is 4.98 Å². The quantitative estimate of drug-likeness (QED) is 0.782. The molecule has 0 radical (unpaired) electrons. The van der Waals surface area contributed by atoms with Crippen LogP contribution in [0.3, 0.4) is 0 Å². The standard InChI is InChI=1S/C19H20N4O2/c1-14-2-3-17-16(12-14)18(24)19(25)23(17)13-21-8-10-22(11-9-21)15-4-6-20-7-5-15/h2-7,12H,8-11,13H2,1H3/p+2. The molecule has 0 bridgehead atoms. The highest BCUT2D eigenvalue weighted by atomic mass is 16.2. The van der Waals surface area contributed by atoms with Crippen LogP contribution in [-0.2, 0) is 4.79 Å². The van der Waals surface area contributed by atoms with Gasteiger partial charge in [0.15, 0.2) is 19.1 Å². The average Bonchev–Trinajstić information content (AvgIpc) is 2.88. The molecule has 1 aromatic heterocycles. The topological polar surface area (TPSA) is 59.2 Å². The lowest BCUT2D eigenvalue weighted by Gasteiger charge is -2.34. The number of ketones is 1. The third kappa shape index (κ3) is 2.89. The number of fused-ring (bicyclic) bond motifs is 1. The first-order valence-electron chi connectivity index (χ1n) is 8.65. The van der Waals surface area contributed by atoms with Gasteiger partial charge in [0.1, 0.15) is 0 Å². The fourth-order valence-corrected chi connectivity index (χ4v) is 3.62. The summed E-state index contributed by atoms with van der Waals surface area (Å²) in [6.07, 6.45) is 3.87. The summed E-state index contributed by atoms with van der Waals surface area (Å²) in [5.41, 5.74) is 3.52. The van der Waals surface area contributed by atoms with Gasteiger partial charge in [0.25, 0.3) is 5.78 Å². The molecule has 0 spiro atoms. The number of nitrogens with one attached hydrogen (secondary N) is 2. The molecule has 1 fully saturated rings. The maximum atomic E-state index is 12.4. The molecule has 4 rings (SSSR count). The Kier molecular flexibility index (Phi) is 3.97. The largest absolute Gasteiger partial charge is 0.360 e. The number of Topliss-reactive ketones (excluding diaryl/α,β-unsaturated/α-hetero) is 1. The van der Waals surface area contributed by atoms with Crippen molar-refractivity contribution < 1.29 is 19.5 Å². The second kappa shape index (κ2) is 6.29. The minimum absolute atomic E-state index is 0.378. The number of aromatic nitrogens is 1. The van der Waals surface area contributed by atoms with E-state index in [-0.39, 0.29) is 5.78 Å². The van der Waals surface area contributed by atoms with Gasteiger partial charge < -0.3 is 9.80 Å². The molecule has 0 atom stereocenters. The van der Waals surface area contributed by atoms with Gasteiger partial charge in [0.05, 0.1) is 37.4 Å². The van der Waals surface area contributed by atoms with Crippen molar-refractivity contribution in [2.24, 2.45) is 0 Å². The van der Waals surface area contributed by atoms with E-state index >= 15 is 0 Å². The summed E-state index contributed by atoms with van der Waals surface area (Å²) in [6.45, 7) is 6.26. The zero-order chi connectivity index (χ0) is 17.4. The summed E-state index contributed by atoms with van der Waals surface area (Å²) in [7, 11) is 0. The molecule has 1 saturated heterocycles. The van der Waals surface area contributed by atoms with Crippen molar-refractivity contribution in [3.63, 3.8) is 0 Å². The van der Waals surface area contributed by atoms with E-state index in [4.69, 9.17) is 0 Å². The Hall–Kier alpha value is -2.73. The predicted octanol–water partition coefficient (Wildman–Crippen LogP) is -0.299. The third-order valence-corrected chi connectivity index (χ3v) is 5.04. The number of aromatic amines is 1. The second-order valence-corrected chi connectivity index (χ2v) is 6.74. The molecule has 0 aliphatic carbocycles. The summed E-state index contributed by atoms with van der Waals surface area (Å²) in [5.74, 6) is -0.772. The number of quaternary nitrogens is 1. The van der Waals surface area contributed by atoms with Crippen molar-refractivity contribution in [2.45, 2.75) is 6.92 Å². The Morgan fingerprint density at radius 3 is 2.52 bits per heavy atom. The fourth-order valence-electron chi connectivity index (χ4n) is 3.62. The number of piperazine rings is 1. The summed E-state index contributed by atoms with van der Waals surface area (Å²) in [5, 5.41) is 0. The molecule has 6 nitrogen and oxygen atoms in total. The number of carbonyl (C=O) groups excluding carboxylic acids is 2. The number of carbonyl (C=O) groups is 2. The molecule has 2 aromatic rings. The number of aryl methyl sites for hydroxylation is 1. The van der Waals surface area contributed by atoms with E-state index in [0.717, 1.165) is 37.4 Å². The van der Waals surface area contributed by atoms with E-state index in [1.54, 1.807) is 4.90 Å². The number of hydrogen-bond acceptors (Lipinski definition) is 3. The van der Waals surface area contributed by atoms with Gasteiger partial charge in [0.2, 0.25) is 0 Å². The van der Waals surface area contributed by atoms with Crippen molar-refractivity contribution in [1.29, 1.82) is 0 Å². The highest BCUT2D eigenvalue weighted by molar-refractivity contribution is 6.52. The molecule has 3 heterocycles. The molecule has 1 aromatic carbocycles. The minimum Gasteiger partial charge on any atom is -0.360 e. The van der Waals surface area contributed by atoms with Crippen LogP contribution in [0.2, 0.25) is 0 Å². The Labute approximate surface area is 146 Å². The van der Waals surface area contributed by atoms with E-state index in [1.807, 2.05) is 37.5 Å². The summed E-state index contributed by atoms with van der Waals surface area (Å²) < 4.78 is 0. The first-order chi connectivity index (χ1) is 12.1. The second-order valence-electron chi connectivity index (χ2n) is 6.74. The number of H-pyrrole nitrogens is 1. The molecular formula is C19H22N4O2+2. The first kappa shape index (κ1) is 15.8. The lowest BCUT2D eigenvalue weighted by atomic mass is 10.1. The Morgan fingerprint density at radius 2 is 1.80 bits per heavy atom. The zero-order valence-corrected chi connectivity index (χ0v) is 14.3. The number of anilines is 2. The highest BCUT2D eigenvalue weighted by Gasteiger charge is 2.38. The van der Waals surface area contributed by atoms with E-state index < -0.39 is 5.91 Å². The Bertz CT molecular complexity index is 813. The van der Waals surface area contributed by atoms with Crippen LogP contribution in [0, 0.1) is 6.92 Å². The molecule has 2 aliphatic heterocycles. The maximum Gasteiger partial charge on any atom is 0.303 e.